The van der Waals surface area contributed by atoms with E-state index < -0.39 is 0 Å². The van der Waals surface area contributed by atoms with Gasteiger partial charge in [-0.25, -0.2) is 0 Å². The van der Waals surface area contributed by atoms with Gasteiger partial charge in [0.25, 0.3) is 0 Å². The second kappa shape index (κ2) is 5.87. The minimum Gasteiger partial charge on any atom is -0.352 e. The first-order chi connectivity index (χ1) is 9.04. The van der Waals surface area contributed by atoms with Crippen molar-refractivity contribution in [2.24, 2.45) is 5.92 Å². The normalized spacial score (nSPS) is 13.9. The van der Waals surface area contributed by atoms with Crippen molar-refractivity contribution < 1.29 is 9.59 Å². The van der Waals surface area contributed by atoms with Crippen molar-refractivity contribution in [2.45, 2.75) is 39.7 Å². The summed E-state index contributed by atoms with van der Waals surface area (Å²) >= 11 is 0. The molecule has 1 aliphatic rings. The molecule has 0 saturated carbocycles. The number of rotatable bonds is 4. The van der Waals surface area contributed by atoms with Crippen LogP contribution in [0.3, 0.4) is 0 Å². The third-order valence-electron chi connectivity index (χ3n) is 3.15. The molecule has 0 atom stereocenters. The third kappa shape index (κ3) is 3.81. The van der Waals surface area contributed by atoms with Crippen molar-refractivity contribution in [3.63, 3.8) is 0 Å². The molecule has 1 aliphatic heterocycles. The van der Waals surface area contributed by atoms with Crippen LogP contribution in [0.1, 0.15) is 37.8 Å². The average Bonchev–Trinajstić information content (AvgIpc) is 2.35. The summed E-state index contributed by atoms with van der Waals surface area (Å²) in [4.78, 5) is 22.9. The molecule has 2 N–H and O–H groups in total. The molecule has 0 unspecified atom stereocenters. The quantitative estimate of drug-likeness (QED) is 0.872. The van der Waals surface area contributed by atoms with Gasteiger partial charge in [-0.15, -0.1) is 0 Å². The van der Waals surface area contributed by atoms with Gasteiger partial charge in [-0.1, -0.05) is 26.0 Å². The van der Waals surface area contributed by atoms with Crippen molar-refractivity contribution in [3.8, 4) is 0 Å². The van der Waals surface area contributed by atoms with Crippen LogP contribution in [0, 0.1) is 5.92 Å². The molecule has 1 aromatic rings. The first-order valence-electron chi connectivity index (χ1n) is 6.73. The third-order valence-corrected chi connectivity index (χ3v) is 3.15. The van der Waals surface area contributed by atoms with E-state index in [9.17, 15) is 9.59 Å². The van der Waals surface area contributed by atoms with Gasteiger partial charge in [-0.3, -0.25) is 9.59 Å². The molecule has 0 fully saturated rings. The number of amides is 2. The lowest BCUT2D eigenvalue weighted by atomic mass is 10.0. The van der Waals surface area contributed by atoms with Crippen molar-refractivity contribution in [1.29, 1.82) is 0 Å². The maximum Gasteiger partial charge on any atom is 0.224 e. The zero-order valence-corrected chi connectivity index (χ0v) is 11.5. The highest BCUT2D eigenvalue weighted by atomic mass is 16.2. The van der Waals surface area contributed by atoms with E-state index in [1.54, 1.807) is 0 Å². The zero-order valence-electron chi connectivity index (χ0n) is 11.5. The van der Waals surface area contributed by atoms with E-state index in [0.29, 0.717) is 25.3 Å². The molecule has 4 nitrogen and oxygen atoms in total. The minimum absolute atomic E-state index is 0.0745. The van der Waals surface area contributed by atoms with E-state index in [0.717, 1.165) is 23.2 Å². The Labute approximate surface area is 113 Å². The predicted molar refractivity (Wildman–Crippen MR) is 74.7 cm³/mol. The van der Waals surface area contributed by atoms with Gasteiger partial charge >= 0.3 is 0 Å². The number of nitrogens with one attached hydrogen (secondary N) is 2. The summed E-state index contributed by atoms with van der Waals surface area (Å²) in [6.07, 6.45) is 1.87. The van der Waals surface area contributed by atoms with Crippen molar-refractivity contribution in [1.82, 2.24) is 5.32 Å². The number of fused-ring (bicyclic) bond motifs is 1. The van der Waals surface area contributed by atoms with Crippen LogP contribution in [0.5, 0.6) is 0 Å². The maximum absolute atomic E-state index is 11.6. The van der Waals surface area contributed by atoms with Gasteiger partial charge in [0.1, 0.15) is 0 Å². The van der Waals surface area contributed by atoms with E-state index in [-0.39, 0.29) is 11.8 Å². The number of carbonyl (C=O) groups excluding carboxylic acids is 2. The van der Waals surface area contributed by atoms with Gasteiger partial charge in [0.15, 0.2) is 0 Å². The highest BCUT2D eigenvalue weighted by Gasteiger charge is 2.14. The van der Waals surface area contributed by atoms with E-state index in [1.165, 1.54) is 0 Å². The lowest BCUT2D eigenvalue weighted by Crippen LogP contribution is -2.24. The van der Waals surface area contributed by atoms with Gasteiger partial charge in [-0.05, 0) is 29.5 Å². The molecule has 0 aliphatic carbocycles. The van der Waals surface area contributed by atoms with Crippen molar-refractivity contribution in [3.05, 3.63) is 29.3 Å². The minimum atomic E-state index is 0.0745. The van der Waals surface area contributed by atoms with Crippen LogP contribution in [0.15, 0.2) is 18.2 Å². The molecule has 0 spiro atoms. The van der Waals surface area contributed by atoms with Crippen LogP contribution < -0.4 is 10.6 Å². The fourth-order valence-corrected chi connectivity index (χ4v) is 2.19. The molecule has 102 valence electrons. The van der Waals surface area contributed by atoms with Crippen LogP contribution >= 0.6 is 0 Å². The lowest BCUT2D eigenvalue weighted by molar-refractivity contribution is -0.122. The molecule has 1 heterocycles. The average molecular weight is 260 g/mol. The Hall–Kier alpha value is -1.84. The standard InChI is InChI=1S/C15H20N2O2/c1-10(2)7-15(19)16-9-11-3-5-13-12(8-11)4-6-14(18)17-13/h3,5,8,10H,4,6-7,9H2,1-2H3,(H,16,19)(H,17,18). The van der Waals surface area contributed by atoms with Gasteiger partial charge in [0, 0.05) is 25.1 Å². The highest BCUT2D eigenvalue weighted by Crippen LogP contribution is 2.23. The van der Waals surface area contributed by atoms with E-state index >= 15 is 0 Å². The highest BCUT2D eigenvalue weighted by molar-refractivity contribution is 5.93. The Bertz CT molecular complexity index is 495. The lowest BCUT2D eigenvalue weighted by Gasteiger charge is -2.17. The summed E-state index contributed by atoms with van der Waals surface area (Å²) in [5, 5.41) is 5.77. The monoisotopic (exact) mass is 260 g/mol. The van der Waals surface area contributed by atoms with E-state index in [2.05, 4.69) is 16.7 Å². The Balaban J connectivity index is 1.95. The molecule has 1 aromatic carbocycles. The largest absolute Gasteiger partial charge is 0.352 e. The zero-order chi connectivity index (χ0) is 13.8. The summed E-state index contributed by atoms with van der Waals surface area (Å²) in [5.41, 5.74) is 3.12. The summed E-state index contributed by atoms with van der Waals surface area (Å²) in [6.45, 7) is 4.61. The predicted octanol–water partition coefficient (Wildman–Crippen LogP) is 2.23. The molecule has 0 radical (unpaired) electrons. The Morgan fingerprint density at radius 3 is 2.89 bits per heavy atom. The SMILES string of the molecule is CC(C)CC(=O)NCc1ccc2c(c1)CCC(=O)N2. The van der Waals surface area contributed by atoms with Crippen LogP contribution in [-0.2, 0) is 22.6 Å². The van der Waals surface area contributed by atoms with Crippen molar-refractivity contribution in [2.75, 3.05) is 5.32 Å². The van der Waals surface area contributed by atoms with Crippen LogP contribution in [0.2, 0.25) is 0 Å². The molecule has 4 heteroatoms. The molecule has 2 rings (SSSR count). The molecule has 0 saturated heterocycles. The number of anilines is 1. The van der Waals surface area contributed by atoms with E-state index in [4.69, 9.17) is 0 Å². The molecule has 19 heavy (non-hydrogen) atoms. The Morgan fingerprint density at radius 2 is 2.16 bits per heavy atom. The van der Waals surface area contributed by atoms with Crippen molar-refractivity contribution >= 4 is 17.5 Å². The number of carbonyl (C=O) groups is 2. The second-order valence-corrected chi connectivity index (χ2v) is 5.41. The topological polar surface area (TPSA) is 58.2 Å². The molecular formula is C15H20N2O2. The summed E-state index contributed by atoms with van der Waals surface area (Å²) in [5.74, 6) is 0.533. The first-order valence-corrected chi connectivity index (χ1v) is 6.73. The molecule has 0 aromatic heterocycles. The van der Waals surface area contributed by atoms with Gasteiger partial charge in [0.2, 0.25) is 11.8 Å². The number of benzene rings is 1. The summed E-state index contributed by atoms with van der Waals surface area (Å²) in [7, 11) is 0. The number of hydrogen-bond donors (Lipinski definition) is 2. The molecule has 0 bridgehead atoms. The smallest absolute Gasteiger partial charge is 0.224 e. The Kier molecular flexibility index (Phi) is 4.20. The van der Waals surface area contributed by atoms with Crippen LogP contribution in [0.25, 0.3) is 0 Å². The second-order valence-electron chi connectivity index (χ2n) is 5.41. The fraction of sp³-hybridized carbons (Fsp3) is 0.467. The molecular weight excluding hydrogens is 240 g/mol. The molecule has 2 amide bonds. The van der Waals surface area contributed by atoms with E-state index in [1.807, 2.05) is 26.0 Å². The van der Waals surface area contributed by atoms with Gasteiger partial charge < -0.3 is 10.6 Å². The summed E-state index contributed by atoms with van der Waals surface area (Å²) < 4.78 is 0. The van der Waals surface area contributed by atoms with Gasteiger partial charge in [-0.2, -0.15) is 0 Å². The van der Waals surface area contributed by atoms with Crippen LogP contribution in [0.4, 0.5) is 5.69 Å². The fourth-order valence-electron chi connectivity index (χ4n) is 2.19. The van der Waals surface area contributed by atoms with Gasteiger partial charge in [0.05, 0.1) is 0 Å². The Morgan fingerprint density at radius 1 is 1.37 bits per heavy atom. The number of hydrogen-bond acceptors (Lipinski definition) is 2. The summed E-state index contributed by atoms with van der Waals surface area (Å²) in [6, 6.07) is 5.92. The van der Waals surface area contributed by atoms with Crippen LogP contribution in [-0.4, -0.2) is 11.8 Å². The maximum atomic E-state index is 11.6. The first kappa shape index (κ1) is 13.6. The number of aryl methyl sites for hydroxylation is 1.